The average molecular weight is 933 g/mol. The molecule has 0 saturated carbocycles. The smallest absolute Gasteiger partial charge is 0.306 e. The van der Waals surface area contributed by atoms with Crippen molar-refractivity contribution in [1.82, 2.24) is 0 Å². The zero-order valence-electron chi connectivity index (χ0n) is 40.7. The fourth-order valence-electron chi connectivity index (χ4n) is 8.29. The molecule has 13 heteroatoms. The van der Waals surface area contributed by atoms with Crippen LogP contribution in [0.1, 0.15) is 245 Å². The first-order valence-electron chi connectivity index (χ1n) is 26.2. The van der Waals surface area contributed by atoms with Crippen LogP contribution in [-0.4, -0.2) is 96.0 Å². The molecule has 1 aliphatic heterocycles. The van der Waals surface area contributed by atoms with Crippen LogP contribution < -0.4 is 0 Å². The van der Waals surface area contributed by atoms with Crippen molar-refractivity contribution in [2.75, 3.05) is 19.0 Å². The number of unbranched alkanes of at least 4 members (excludes halogenated alkanes) is 31. The van der Waals surface area contributed by atoms with Crippen LogP contribution in [0.25, 0.3) is 0 Å². The van der Waals surface area contributed by atoms with Gasteiger partial charge in [0.2, 0.25) is 0 Å². The van der Waals surface area contributed by atoms with Crippen molar-refractivity contribution in [3.05, 3.63) is 12.2 Å². The molecule has 0 radical (unpaired) electrons. The highest BCUT2D eigenvalue weighted by atomic mass is 32.2. The van der Waals surface area contributed by atoms with Crippen LogP contribution in [0, 0.1) is 0 Å². The Morgan fingerprint density at radius 1 is 0.516 bits per heavy atom. The lowest BCUT2D eigenvalue weighted by Gasteiger charge is -2.40. The van der Waals surface area contributed by atoms with Gasteiger partial charge in [-0.25, -0.2) is 0 Å². The van der Waals surface area contributed by atoms with Gasteiger partial charge in [0.25, 0.3) is 10.1 Å². The van der Waals surface area contributed by atoms with Crippen molar-refractivity contribution in [1.29, 1.82) is 0 Å². The highest BCUT2D eigenvalue weighted by Crippen LogP contribution is 2.24. The molecule has 4 N–H and O–H groups in total. The largest absolute Gasteiger partial charge is 0.462 e. The van der Waals surface area contributed by atoms with E-state index in [-0.39, 0.29) is 19.4 Å². The van der Waals surface area contributed by atoms with Gasteiger partial charge in [0.1, 0.15) is 36.8 Å². The number of aliphatic hydroxyl groups excluding tert-OH is 3. The van der Waals surface area contributed by atoms with E-state index in [9.17, 15) is 37.9 Å². The molecular weight excluding hydrogens is 837 g/mol. The zero-order valence-corrected chi connectivity index (χ0v) is 41.5. The lowest BCUT2D eigenvalue weighted by Crippen LogP contribution is -2.60. The van der Waals surface area contributed by atoms with Gasteiger partial charge in [-0.2, -0.15) is 8.42 Å². The first kappa shape index (κ1) is 60.4. The number of hydrogen-bond donors (Lipinski definition) is 4. The monoisotopic (exact) mass is 933 g/mol. The topological polar surface area (TPSA) is 186 Å². The third kappa shape index (κ3) is 35.6. The number of esters is 2. The van der Waals surface area contributed by atoms with Gasteiger partial charge in [0.05, 0.1) is 6.61 Å². The molecule has 1 saturated heterocycles. The second kappa shape index (κ2) is 41.6. The maximum atomic E-state index is 12.8. The van der Waals surface area contributed by atoms with Crippen molar-refractivity contribution < 1.29 is 56.8 Å². The molecule has 1 rings (SSSR count). The van der Waals surface area contributed by atoms with Crippen LogP contribution >= 0.6 is 0 Å². The van der Waals surface area contributed by atoms with Gasteiger partial charge in [-0.3, -0.25) is 14.1 Å². The summed E-state index contributed by atoms with van der Waals surface area (Å²) in [7, 11) is -4.60. The third-order valence-electron chi connectivity index (χ3n) is 12.4. The number of allylic oxidation sites excluding steroid dienone is 2. The molecule has 0 amide bonds. The SMILES string of the molecule is CCCCCCCCCCCCC/C=C/CCC(=O)O[C@H](COC(=O)CCCCCCCCCCCCCCCCCCCCCCC)CO[C@H]1O[C@H](CS(=O)(=O)O)[C@@H](O)C(O)C1O. The molecule has 1 heterocycles. The van der Waals surface area contributed by atoms with Crippen LogP contribution in [0.2, 0.25) is 0 Å². The Hall–Kier alpha value is -1.61. The lowest BCUT2D eigenvalue weighted by atomic mass is 10.00. The van der Waals surface area contributed by atoms with Crippen molar-refractivity contribution in [2.24, 2.45) is 0 Å². The van der Waals surface area contributed by atoms with Crippen LogP contribution in [0.15, 0.2) is 12.2 Å². The van der Waals surface area contributed by atoms with Gasteiger partial charge in [0, 0.05) is 12.8 Å². The molecule has 1 fully saturated rings. The van der Waals surface area contributed by atoms with Crippen molar-refractivity contribution in [3.8, 4) is 0 Å². The predicted octanol–water partition coefficient (Wildman–Crippen LogP) is 11.8. The summed E-state index contributed by atoms with van der Waals surface area (Å²) in [5, 5.41) is 31.0. The fourth-order valence-corrected chi connectivity index (χ4v) is 8.98. The van der Waals surface area contributed by atoms with E-state index < -0.39 is 71.2 Å². The Balaban J connectivity index is 2.35. The summed E-state index contributed by atoms with van der Waals surface area (Å²) in [5.74, 6) is -2.02. The first-order chi connectivity index (χ1) is 31.0. The summed E-state index contributed by atoms with van der Waals surface area (Å²) >= 11 is 0. The Kier molecular flexibility index (Phi) is 39.2. The maximum absolute atomic E-state index is 12.8. The van der Waals surface area contributed by atoms with E-state index in [4.69, 9.17) is 18.9 Å². The summed E-state index contributed by atoms with van der Waals surface area (Å²) in [5.41, 5.74) is 0. The minimum Gasteiger partial charge on any atom is -0.462 e. The van der Waals surface area contributed by atoms with Crippen LogP contribution in [0.4, 0.5) is 0 Å². The van der Waals surface area contributed by atoms with Crippen LogP contribution in [-0.2, 0) is 38.7 Å². The molecule has 6 atom stereocenters. The van der Waals surface area contributed by atoms with Gasteiger partial charge < -0.3 is 34.3 Å². The summed E-state index contributed by atoms with van der Waals surface area (Å²) in [6.07, 6.45) is 37.0. The Bertz CT molecular complexity index is 1230. The van der Waals surface area contributed by atoms with Gasteiger partial charge in [0.15, 0.2) is 12.4 Å². The third-order valence-corrected chi connectivity index (χ3v) is 13.1. The molecule has 64 heavy (non-hydrogen) atoms. The Labute approximate surface area is 390 Å². The standard InChI is InChI=1S/C51H96O12S/c1-3-5-7-9-11-13-15-17-19-20-21-22-23-24-26-27-29-31-33-35-37-39-46(52)60-41-44(42-61-51-50(56)49(55)48(54)45(63-51)43-64(57,58)59)62-47(53)40-38-36-34-32-30-28-25-18-16-14-12-10-8-6-4-2/h34,36,44-45,48-51,54-56H,3-33,35,37-43H2,1-2H3,(H,57,58,59)/b36-34+/t44-,45-,48-,49?,50?,51+/m1/s1. The predicted molar refractivity (Wildman–Crippen MR) is 257 cm³/mol. The number of hydrogen-bond acceptors (Lipinski definition) is 11. The van der Waals surface area contributed by atoms with E-state index >= 15 is 0 Å². The summed E-state index contributed by atoms with van der Waals surface area (Å²) in [4.78, 5) is 25.5. The number of carbonyl (C=O) groups excluding carboxylic acids is 2. The van der Waals surface area contributed by atoms with E-state index in [1.54, 1.807) is 0 Å². The van der Waals surface area contributed by atoms with Gasteiger partial charge in [-0.05, 0) is 25.7 Å². The number of rotatable bonds is 45. The van der Waals surface area contributed by atoms with Crippen molar-refractivity contribution in [3.63, 3.8) is 0 Å². The molecule has 0 aliphatic carbocycles. The maximum Gasteiger partial charge on any atom is 0.306 e. The molecule has 2 unspecified atom stereocenters. The quantitative estimate of drug-likeness (QED) is 0.0196. The van der Waals surface area contributed by atoms with Crippen LogP contribution in [0.3, 0.4) is 0 Å². The molecule has 12 nitrogen and oxygen atoms in total. The van der Waals surface area contributed by atoms with E-state index in [0.717, 1.165) is 32.1 Å². The first-order valence-corrected chi connectivity index (χ1v) is 27.9. The van der Waals surface area contributed by atoms with E-state index in [2.05, 4.69) is 19.9 Å². The molecule has 0 aromatic rings. The minimum absolute atomic E-state index is 0.0858. The second-order valence-electron chi connectivity index (χ2n) is 18.5. The highest BCUT2D eigenvalue weighted by Gasteiger charge is 2.46. The van der Waals surface area contributed by atoms with Crippen LogP contribution in [0.5, 0.6) is 0 Å². The fraction of sp³-hybridized carbons (Fsp3) is 0.922. The average Bonchev–Trinajstić information content (AvgIpc) is 3.26. The molecular formula is C51H96O12S. The lowest BCUT2D eigenvalue weighted by molar-refractivity contribution is -0.297. The van der Waals surface area contributed by atoms with E-state index in [0.29, 0.717) is 12.8 Å². The zero-order chi connectivity index (χ0) is 46.9. The molecule has 0 bridgehead atoms. The Morgan fingerprint density at radius 2 is 0.922 bits per heavy atom. The van der Waals surface area contributed by atoms with Gasteiger partial charge >= 0.3 is 11.9 Å². The minimum atomic E-state index is -4.60. The highest BCUT2D eigenvalue weighted by molar-refractivity contribution is 7.85. The number of carbonyl (C=O) groups is 2. The molecule has 0 spiro atoms. The summed E-state index contributed by atoms with van der Waals surface area (Å²) < 4.78 is 54.2. The number of aliphatic hydroxyl groups is 3. The molecule has 0 aromatic carbocycles. The van der Waals surface area contributed by atoms with Crippen molar-refractivity contribution >= 4 is 22.1 Å². The molecule has 1 aliphatic rings. The normalized spacial score (nSPS) is 19.6. The van der Waals surface area contributed by atoms with Crippen molar-refractivity contribution in [2.45, 2.75) is 282 Å². The van der Waals surface area contributed by atoms with E-state index in [1.165, 1.54) is 173 Å². The van der Waals surface area contributed by atoms with Gasteiger partial charge in [-0.15, -0.1) is 0 Å². The summed E-state index contributed by atoms with van der Waals surface area (Å²) in [6.45, 7) is 3.77. The Morgan fingerprint density at radius 3 is 1.36 bits per heavy atom. The number of ether oxygens (including phenoxy) is 4. The van der Waals surface area contributed by atoms with E-state index in [1.807, 2.05) is 6.08 Å². The van der Waals surface area contributed by atoms with Gasteiger partial charge in [-0.1, -0.05) is 219 Å². The molecule has 378 valence electrons. The molecule has 0 aromatic heterocycles. The summed E-state index contributed by atoms with van der Waals surface area (Å²) in [6, 6.07) is 0. The second-order valence-corrected chi connectivity index (χ2v) is 20.0.